The number of aromatic nitrogens is 5. The van der Waals surface area contributed by atoms with Crippen LogP contribution in [0.4, 0.5) is 0 Å². The number of nitrogens with one attached hydrogen (secondary N) is 1. The molecule has 32 heavy (non-hydrogen) atoms. The fourth-order valence-corrected chi connectivity index (χ4v) is 4.59. The first-order valence-corrected chi connectivity index (χ1v) is 11.5. The van der Waals surface area contributed by atoms with E-state index in [2.05, 4.69) is 58.4 Å². The molecule has 1 aliphatic rings. The monoisotopic (exact) mass is 436 g/mol. The summed E-state index contributed by atoms with van der Waals surface area (Å²) < 4.78 is 1.70. The van der Waals surface area contributed by atoms with Crippen LogP contribution in [0, 0.1) is 18.8 Å². The van der Waals surface area contributed by atoms with E-state index in [9.17, 15) is 9.59 Å². The molecule has 0 spiro atoms. The molecule has 3 heterocycles. The van der Waals surface area contributed by atoms with Gasteiger partial charge in [0.25, 0.3) is 5.56 Å². The van der Waals surface area contributed by atoms with E-state index in [1.165, 1.54) is 5.56 Å². The summed E-state index contributed by atoms with van der Waals surface area (Å²) in [7, 11) is 0. The minimum atomic E-state index is -0.271. The molecule has 0 unspecified atom stereocenters. The van der Waals surface area contributed by atoms with Gasteiger partial charge < -0.3 is 9.88 Å². The minimum Gasteiger partial charge on any atom is -0.342 e. The zero-order valence-corrected chi connectivity index (χ0v) is 19.3. The number of fused-ring (bicyclic) bond motifs is 1. The van der Waals surface area contributed by atoms with E-state index in [-0.39, 0.29) is 28.8 Å². The molecule has 8 nitrogen and oxygen atoms in total. The topological polar surface area (TPSA) is 96.8 Å². The highest BCUT2D eigenvalue weighted by Crippen LogP contribution is 2.25. The summed E-state index contributed by atoms with van der Waals surface area (Å²) in [5.41, 5.74) is 2.86. The van der Waals surface area contributed by atoms with Gasteiger partial charge in [-0.3, -0.25) is 9.59 Å². The summed E-state index contributed by atoms with van der Waals surface area (Å²) in [4.78, 5) is 34.4. The Hall–Kier alpha value is -3.03. The van der Waals surface area contributed by atoms with Crippen LogP contribution in [0.25, 0.3) is 11.2 Å². The van der Waals surface area contributed by atoms with Gasteiger partial charge in [0.05, 0.1) is 5.92 Å². The third-order valence-corrected chi connectivity index (χ3v) is 6.25. The molecular formula is C24H32N6O2. The second kappa shape index (κ2) is 9.22. The zero-order valence-electron chi connectivity index (χ0n) is 19.3. The van der Waals surface area contributed by atoms with Crippen LogP contribution in [0.1, 0.15) is 56.5 Å². The van der Waals surface area contributed by atoms with Crippen LogP contribution in [0.15, 0.2) is 29.1 Å². The second-order valence-electron chi connectivity index (χ2n) is 9.45. The van der Waals surface area contributed by atoms with Crippen molar-refractivity contribution in [2.75, 3.05) is 13.1 Å². The molecule has 0 bridgehead atoms. The molecule has 4 rings (SSSR count). The Bertz CT molecular complexity index is 1150. The predicted octanol–water partition coefficient (Wildman–Crippen LogP) is 3.06. The fraction of sp³-hybridized carbons (Fsp3) is 0.542. The Morgan fingerprint density at radius 2 is 1.97 bits per heavy atom. The summed E-state index contributed by atoms with van der Waals surface area (Å²) in [6, 6.07) is 8.47. The van der Waals surface area contributed by atoms with Crippen molar-refractivity contribution in [1.82, 2.24) is 29.9 Å². The molecule has 1 amide bonds. The van der Waals surface area contributed by atoms with Gasteiger partial charge in [0.2, 0.25) is 5.91 Å². The first kappa shape index (κ1) is 22.2. The lowest BCUT2D eigenvalue weighted by Gasteiger charge is -2.34. The summed E-state index contributed by atoms with van der Waals surface area (Å²) in [5.74, 6) is 1.40. The molecule has 0 radical (unpaired) electrons. The number of H-pyrrole nitrogens is 1. The maximum atomic E-state index is 13.2. The molecule has 8 heteroatoms. The summed E-state index contributed by atoms with van der Waals surface area (Å²) >= 11 is 0. The molecule has 2 aromatic heterocycles. The van der Waals surface area contributed by atoms with Crippen molar-refractivity contribution >= 4 is 17.1 Å². The second-order valence-corrected chi connectivity index (χ2v) is 9.45. The lowest BCUT2D eigenvalue weighted by atomic mass is 9.93. The van der Waals surface area contributed by atoms with Crippen molar-refractivity contribution in [2.24, 2.45) is 11.8 Å². The molecular weight excluding hydrogens is 404 g/mol. The molecule has 1 N–H and O–H groups in total. The number of benzene rings is 1. The molecule has 0 aliphatic carbocycles. The normalized spacial score (nSPS) is 17.8. The number of amides is 1. The van der Waals surface area contributed by atoms with E-state index in [1.807, 2.05) is 11.8 Å². The largest absolute Gasteiger partial charge is 0.342 e. The van der Waals surface area contributed by atoms with Gasteiger partial charge in [0.1, 0.15) is 5.82 Å². The van der Waals surface area contributed by atoms with Gasteiger partial charge >= 0.3 is 0 Å². The standard InChI is InChI=1S/C24H32N6O2/c1-15(2)12-18-7-9-20(10-8-18)16(3)24(32)29-11-5-6-19(13-29)14-30-22-21(27-28-30)23(31)26-17(4)25-22/h7-10,15-16,19H,5-6,11-14H2,1-4H3,(H,25,26,31)/t16-,19-/m0/s1. The van der Waals surface area contributed by atoms with Crippen LogP contribution in [0.5, 0.6) is 0 Å². The van der Waals surface area contributed by atoms with E-state index in [4.69, 9.17) is 0 Å². The van der Waals surface area contributed by atoms with Gasteiger partial charge in [-0.2, -0.15) is 0 Å². The van der Waals surface area contributed by atoms with Crippen LogP contribution >= 0.6 is 0 Å². The van der Waals surface area contributed by atoms with Crippen molar-refractivity contribution in [2.45, 2.75) is 59.4 Å². The molecule has 3 aromatic rings. The van der Waals surface area contributed by atoms with Crippen molar-refractivity contribution in [3.8, 4) is 0 Å². The molecule has 1 saturated heterocycles. The van der Waals surface area contributed by atoms with Crippen LogP contribution in [-0.4, -0.2) is 48.9 Å². The number of nitrogens with zero attached hydrogens (tertiary/aromatic N) is 5. The SMILES string of the molecule is Cc1nc2c(nnn2C[C@H]2CCCN(C(=O)[C@@H](C)c3ccc(CC(C)C)cc3)C2)c(=O)[nH]1. The summed E-state index contributed by atoms with van der Waals surface area (Å²) in [6.07, 6.45) is 3.01. The number of hydrogen-bond acceptors (Lipinski definition) is 5. The summed E-state index contributed by atoms with van der Waals surface area (Å²) in [5, 5.41) is 8.15. The van der Waals surface area contributed by atoms with Gasteiger partial charge in [-0.25, -0.2) is 9.67 Å². The molecule has 170 valence electrons. The Labute approximate surface area is 188 Å². The van der Waals surface area contributed by atoms with E-state index in [0.29, 0.717) is 30.5 Å². The quantitative estimate of drug-likeness (QED) is 0.641. The van der Waals surface area contributed by atoms with Gasteiger partial charge in [-0.15, -0.1) is 5.10 Å². The Morgan fingerprint density at radius 1 is 1.22 bits per heavy atom. The molecule has 1 aromatic carbocycles. The van der Waals surface area contributed by atoms with Crippen molar-refractivity contribution < 1.29 is 4.79 Å². The number of piperidine rings is 1. The number of rotatable bonds is 6. The third kappa shape index (κ3) is 4.74. The van der Waals surface area contributed by atoms with Crippen LogP contribution in [0.3, 0.4) is 0 Å². The molecule has 1 aliphatic heterocycles. The van der Waals surface area contributed by atoms with Crippen LogP contribution in [-0.2, 0) is 17.8 Å². The fourth-order valence-electron chi connectivity index (χ4n) is 4.59. The average molecular weight is 437 g/mol. The van der Waals surface area contributed by atoms with Crippen molar-refractivity contribution in [3.05, 3.63) is 51.6 Å². The first-order chi connectivity index (χ1) is 15.3. The van der Waals surface area contributed by atoms with Crippen molar-refractivity contribution in [3.63, 3.8) is 0 Å². The number of aromatic amines is 1. The van der Waals surface area contributed by atoms with E-state index < -0.39 is 0 Å². The van der Waals surface area contributed by atoms with E-state index >= 15 is 0 Å². The summed E-state index contributed by atoms with van der Waals surface area (Å²) in [6.45, 7) is 10.2. The maximum absolute atomic E-state index is 13.2. The maximum Gasteiger partial charge on any atom is 0.281 e. The lowest BCUT2D eigenvalue weighted by Crippen LogP contribution is -2.43. The smallest absolute Gasteiger partial charge is 0.281 e. The number of aryl methyl sites for hydroxylation is 1. The Balaban J connectivity index is 1.43. The lowest BCUT2D eigenvalue weighted by molar-refractivity contribution is -0.134. The minimum absolute atomic E-state index is 0.167. The van der Waals surface area contributed by atoms with E-state index in [0.717, 1.165) is 31.4 Å². The van der Waals surface area contributed by atoms with Gasteiger partial charge in [0, 0.05) is 19.6 Å². The van der Waals surface area contributed by atoms with Gasteiger partial charge in [0.15, 0.2) is 11.2 Å². The first-order valence-electron chi connectivity index (χ1n) is 11.5. The highest BCUT2D eigenvalue weighted by molar-refractivity contribution is 5.83. The Morgan fingerprint density at radius 3 is 2.69 bits per heavy atom. The molecule has 0 saturated carbocycles. The number of hydrogen-bond donors (Lipinski definition) is 1. The number of likely N-dealkylation sites (tertiary alicyclic amines) is 1. The van der Waals surface area contributed by atoms with Gasteiger partial charge in [-0.1, -0.05) is 43.3 Å². The van der Waals surface area contributed by atoms with Gasteiger partial charge in [-0.05, 0) is 56.1 Å². The predicted molar refractivity (Wildman–Crippen MR) is 123 cm³/mol. The third-order valence-electron chi connectivity index (χ3n) is 6.25. The van der Waals surface area contributed by atoms with Crippen LogP contribution in [0.2, 0.25) is 0 Å². The van der Waals surface area contributed by atoms with Crippen molar-refractivity contribution in [1.29, 1.82) is 0 Å². The Kier molecular flexibility index (Phi) is 6.39. The van der Waals surface area contributed by atoms with Crippen LogP contribution < -0.4 is 5.56 Å². The average Bonchev–Trinajstić information content (AvgIpc) is 3.16. The number of carbonyl (C=O) groups is 1. The zero-order chi connectivity index (χ0) is 22.8. The highest BCUT2D eigenvalue weighted by atomic mass is 16.2. The number of carbonyl (C=O) groups excluding carboxylic acids is 1. The molecule has 1 fully saturated rings. The highest BCUT2D eigenvalue weighted by Gasteiger charge is 2.28. The molecule has 2 atom stereocenters. The van der Waals surface area contributed by atoms with E-state index in [1.54, 1.807) is 11.6 Å².